The van der Waals surface area contributed by atoms with E-state index in [1.807, 2.05) is 24.0 Å². The highest BCUT2D eigenvalue weighted by Gasteiger charge is 2.29. The molecule has 0 saturated carbocycles. The van der Waals surface area contributed by atoms with Crippen molar-refractivity contribution in [3.05, 3.63) is 29.8 Å². The Morgan fingerprint density at radius 1 is 1.00 bits per heavy atom. The molecule has 1 aromatic rings. The van der Waals surface area contributed by atoms with E-state index >= 15 is 0 Å². The van der Waals surface area contributed by atoms with Crippen LogP contribution in [0.25, 0.3) is 0 Å². The first-order chi connectivity index (χ1) is 14.4. The van der Waals surface area contributed by atoms with E-state index in [4.69, 9.17) is 29.3 Å². The lowest BCUT2D eigenvalue weighted by atomic mass is 9.94. The molecule has 0 aliphatic carbocycles. The molecule has 2 fully saturated rings. The number of carbonyl (C=O) groups is 3. The number of benzene rings is 1. The number of hydrogen-bond acceptors (Lipinski definition) is 6. The number of hydrogen-bond donors (Lipinski definition) is 2. The monoisotopic (exact) mass is 422 g/mol. The molecule has 0 spiro atoms. The summed E-state index contributed by atoms with van der Waals surface area (Å²) in [6, 6.07) is 8.34. The van der Waals surface area contributed by atoms with Gasteiger partial charge in [0.25, 0.3) is 0 Å². The van der Waals surface area contributed by atoms with Crippen molar-refractivity contribution in [2.24, 2.45) is 5.92 Å². The zero-order chi connectivity index (χ0) is 21.9. The Morgan fingerprint density at radius 2 is 1.57 bits per heavy atom. The highest BCUT2D eigenvalue weighted by Crippen LogP contribution is 2.22. The number of piperidine rings is 1. The van der Waals surface area contributed by atoms with Crippen LogP contribution in [0, 0.1) is 5.92 Å². The van der Waals surface area contributed by atoms with Gasteiger partial charge in [-0.25, -0.2) is 9.59 Å². The normalized spacial score (nSPS) is 17.6. The number of carboxylic acids is 2. The second kappa shape index (κ2) is 12.1. The van der Waals surface area contributed by atoms with Crippen molar-refractivity contribution < 1.29 is 34.1 Å². The van der Waals surface area contributed by atoms with Gasteiger partial charge in [0.15, 0.2) is 0 Å². The van der Waals surface area contributed by atoms with Crippen molar-refractivity contribution >= 4 is 17.8 Å². The molecule has 2 aliphatic rings. The zero-order valence-electron chi connectivity index (χ0n) is 17.3. The molecular formula is C21H30N2O7. The molecule has 2 heterocycles. The van der Waals surface area contributed by atoms with Crippen molar-refractivity contribution in [1.82, 2.24) is 9.80 Å². The summed E-state index contributed by atoms with van der Waals surface area (Å²) < 4.78 is 10.8. The van der Waals surface area contributed by atoms with Crippen LogP contribution in [-0.4, -0.2) is 83.9 Å². The fourth-order valence-corrected chi connectivity index (χ4v) is 3.50. The maximum absolute atomic E-state index is 12.6. The predicted molar refractivity (Wildman–Crippen MR) is 108 cm³/mol. The van der Waals surface area contributed by atoms with Gasteiger partial charge < -0.3 is 24.6 Å². The van der Waals surface area contributed by atoms with Gasteiger partial charge in [-0.3, -0.25) is 9.69 Å². The van der Waals surface area contributed by atoms with Crippen LogP contribution in [-0.2, 0) is 25.7 Å². The topological polar surface area (TPSA) is 117 Å². The van der Waals surface area contributed by atoms with Crippen LogP contribution in [0.2, 0.25) is 0 Å². The van der Waals surface area contributed by atoms with Gasteiger partial charge in [-0.2, -0.15) is 0 Å². The maximum Gasteiger partial charge on any atom is 0.414 e. The average molecular weight is 422 g/mol. The molecule has 1 amide bonds. The number of amides is 1. The molecule has 0 bridgehead atoms. The fraction of sp³-hybridized carbons (Fsp3) is 0.571. The molecule has 0 unspecified atom stereocenters. The van der Waals surface area contributed by atoms with Crippen molar-refractivity contribution in [2.45, 2.75) is 26.3 Å². The van der Waals surface area contributed by atoms with Gasteiger partial charge in [0.1, 0.15) is 5.75 Å². The zero-order valence-corrected chi connectivity index (χ0v) is 17.3. The van der Waals surface area contributed by atoms with Gasteiger partial charge in [-0.1, -0.05) is 12.1 Å². The third-order valence-corrected chi connectivity index (χ3v) is 5.08. The van der Waals surface area contributed by atoms with Crippen LogP contribution in [0.5, 0.6) is 5.75 Å². The number of morpholine rings is 1. The number of ether oxygens (including phenoxy) is 2. The van der Waals surface area contributed by atoms with Crippen LogP contribution in [0.15, 0.2) is 24.3 Å². The SMILES string of the molecule is CCOc1ccc(CN2CCC(C(=O)N3CCOCC3)CC2)cc1.O=C(O)C(=O)O. The molecular weight excluding hydrogens is 392 g/mol. The summed E-state index contributed by atoms with van der Waals surface area (Å²) in [5.41, 5.74) is 1.30. The summed E-state index contributed by atoms with van der Waals surface area (Å²) in [5, 5.41) is 14.8. The smallest absolute Gasteiger partial charge is 0.414 e. The molecule has 9 nitrogen and oxygen atoms in total. The first-order valence-corrected chi connectivity index (χ1v) is 10.2. The molecule has 0 atom stereocenters. The van der Waals surface area contributed by atoms with E-state index in [0.717, 1.165) is 51.3 Å². The number of nitrogens with zero attached hydrogens (tertiary/aromatic N) is 2. The summed E-state index contributed by atoms with van der Waals surface area (Å²) >= 11 is 0. The molecule has 3 rings (SSSR count). The molecule has 2 saturated heterocycles. The lowest BCUT2D eigenvalue weighted by Crippen LogP contribution is -2.46. The van der Waals surface area contributed by atoms with Gasteiger partial charge >= 0.3 is 11.9 Å². The summed E-state index contributed by atoms with van der Waals surface area (Å²) in [5.74, 6) is -2.19. The molecule has 2 aliphatic heterocycles. The van der Waals surface area contributed by atoms with E-state index in [2.05, 4.69) is 17.0 Å². The van der Waals surface area contributed by atoms with Crippen molar-refractivity contribution in [3.8, 4) is 5.75 Å². The Balaban J connectivity index is 0.000000469. The lowest BCUT2D eigenvalue weighted by molar-refractivity contribution is -0.159. The summed E-state index contributed by atoms with van der Waals surface area (Å²) in [4.78, 5) is 35.2. The molecule has 30 heavy (non-hydrogen) atoms. The first kappa shape index (κ1) is 23.6. The lowest BCUT2D eigenvalue weighted by Gasteiger charge is -2.35. The van der Waals surface area contributed by atoms with Crippen LogP contribution in [0.3, 0.4) is 0 Å². The van der Waals surface area contributed by atoms with E-state index in [9.17, 15) is 4.79 Å². The van der Waals surface area contributed by atoms with Gasteiger partial charge in [0.05, 0.1) is 19.8 Å². The van der Waals surface area contributed by atoms with Crippen LogP contribution in [0.1, 0.15) is 25.3 Å². The second-order valence-corrected chi connectivity index (χ2v) is 7.18. The number of carbonyl (C=O) groups excluding carboxylic acids is 1. The third-order valence-electron chi connectivity index (χ3n) is 5.08. The fourth-order valence-electron chi connectivity index (χ4n) is 3.50. The molecule has 166 valence electrons. The molecule has 1 aromatic carbocycles. The number of carboxylic acid groups (broad SMARTS) is 2. The number of rotatable bonds is 5. The maximum atomic E-state index is 12.6. The minimum Gasteiger partial charge on any atom is -0.494 e. The van der Waals surface area contributed by atoms with Gasteiger partial charge in [-0.15, -0.1) is 0 Å². The standard InChI is InChI=1S/C19H28N2O3.C2H2O4/c1-2-24-18-5-3-16(4-6-18)15-20-9-7-17(8-10-20)19(22)21-11-13-23-14-12-21;3-1(4)2(5)6/h3-6,17H,2,7-15H2,1H3;(H,3,4)(H,5,6). The van der Waals surface area contributed by atoms with E-state index in [1.54, 1.807) is 0 Å². The first-order valence-electron chi connectivity index (χ1n) is 10.2. The number of likely N-dealkylation sites (tertiary alicyclic amines) is 1. The molecule has 2 N–H and O–H groups in total. The largest absolute Gasteiger partial charge is 0.494 e. The second-order valence-electron chi connectivity index (χ2n) is 7.18. The van der Waals surface area contributed by atoms with Crippen LogP contribution in [0.4, 0.5) is 0 Å². The van der Waals surface area contributed by atoms with Gasteiger partial charge in [-0.05, 0) is 50.6 Å². The number of aliphatic carboxylic acids is 2. The third kappa shape index (κ3) is 7.64. The summed E-state index contributed by atoms with van der Waals surface area (Å²) in [6.07, 6.45) is 1.93. The van der Waals surface area contributed by atoms with E-state index < -0.39 is 11.9 Å². The van der Waals surface area contributed by atoms with Crippen LogP contribution < -0.4 is 4.74 Å². The van der Waals surface area contributed by atoms with E-state index in [1.165, 1.54) is 5.56 Å². The average Bonchev–Trinajstić information content (AvgIpc) is 2.76. The van der Waals surface area contributed by atoms with Gasteiger partial charge in [0.2, 0.25) is 5.91 Å². The van der Waals surface area contributed by atoms with Crippen LogP contribution >= 0.6 is 0 Å². The Labute approximate surface area is 176 Å². The Hall–Kier alpha value is -2.65. The summed E-state index contributed by atoms with van der Waals surface area (Å²) in [7, 11) is 0. The molecule has 0 aromatic heterocycles. The van der Waals surface area contributed by atoms with E-state index in [-0.39, 0.29) is 5.92 Å². The Morgan fingerprint density at radius 3 is 2.07 bits per heavy atom. The Bertz CT molecular complexity index is 682. The van der Waals surface area contributed by atoms with Crippen molar-refractivity contribution in [2.75, 3.05) is 46.0 Å². The minimum absolute atomic E-state index is 0.194. The summed E-state index contributed by atoms with van der Waals surface area (Å²) in [6.45, 7) is 8.51. The minimum atomic E-state index is -1.82. The van der Waals surface area contributed by atoms with Gasteiger partial charge in [0, 0.05) is 25.6 Å². The van der Waals surface area contributed by atoms with Crippen molar-refractivity contribution in [1.29, 1.82) is 0 Å². The molecule has 9 heteroatoms. The predicted octanol–water partition coefficient (Wildman–Crippen LogP) is 1.31. The highest BCUT2D eigenvalue weighted by atomic mass is 16.5. The van der Waals surface area contributed by atoms with Crippen molar-refractivity contribution in [3.63, 3.8) is 0 Å². The quantitative estimate of drug-likeness (QED) is 0.683. The highest BCUT2D eigenvalue weighted by molar-refractivity contribution is 6.27. The molecule has 0 radical (unpaired) electrons. The van der Waals surface area contributed by atoms with E-state index in [0.29, 0.717) is 25.7 Å². The Kier molecular flexibility index (Phi) is 9.56.